The van der Waals surface area contributed by atoms with Crippen molar-refractivity contribution in [3.05, 3.63) is 52.8 Å². The van der Waals surface area contributed by atoms with E-state index in [9.17, 15) is 4.79 Å². The van der Waals surface area contributed by atoms with Crippen LogP contribution in [0.5, 0.6) is 0 Å². The van der Waals surface area contributed by atoms with Crippen molar-refractivity contribution >= 4 is 5.91 Å². The van der Waals surface area contributed by atoms with Crippen molar-refractivity contribution in [1.82, 2.24) is 20.0 Å². The quantitative estimate of drug-likeness (QED) is 0.755. The molecule has 1 aromatic carbocycles. The van der Waals surface area contributed by atoms with E-state index in [1.165, 1.54) is 16.8 Å². The molecule has 2 saturated heterocycles. The van der Waals surface area contributed by atoms with Gasteiger partial charge in [-0.25, -0.2) is 0 Å². The summed E-state index contributed by atoms with van der Waals surface area (Å²) in [7, 11) is 0. The van der Waals surface area contributed by atoms with E-state index in [1.807, 2.05) is 4.90 Å². The number of hydrogen-bond acceptors (Lipinski definition) is 4. The van der Waals surface area contributed by atoms with Crippen molar-refractivity contribution in [1.29, 1.82) is 0 Å². The molecule has 0 radical (unpaired) electrons. The van der Waals surface area contributed by atoms with Crippen LogP contribution < -0.4 is 5.32 Å². The van der Waals surface area contributed by atoms with Crippen LogP contribution in [-0.2, 0) is 29.5 Å². The number of carbonyl (C=O) groups excluding carboxylic acids is 1. The van der Waals surface area contributed by atoms with E-state index < -0.39 is 0 Å². The number of likely N-dealkylation sites (tertiary alicyclic amines) is 1. The van der Waals surface area contributed by atoms with Crippen LogP contribution in [0.4, 0.5) is 0 Å². The van der Waals surface area contributed by atoms with Crippen LogP contribution >= 0.6 is 0 Å². The van der Waals surface area contributed by atoms with Crippen molar-refractivity contribution in [2.24, 2.45) is 0 Å². The van der Waals surface area contributed by atoms with E-state index in [0.717, 1.165) is 84.3 Å². The molecule has 0 unspecified atom stereocenters. The number of fused-ring (bicyclic) bond motifs is 1. The van der Waals surface area contributed by atoms with Crippen molar-refractivity contribution < 1.29 is 9.53 Å². The summed E-state index contributed by atoms with van der Waals surface area (Å²) in [6.07, 6.45) is 7.30. The Hall–Kier alpha value is -2.18. The lowest BCUT2D eigenvalue weighted by Crippen LogP contribution is -2.47. The highest BCUT2D eigenvalue weighted by atomic mass is 16.5. The van der Waals surface area contributed by atoms with Crippen LogP contribution in [0.25, 0.3) is 0 Å². The van der Waals surface area contributed by atoms with Gasteiger partial charge in [0.25, 0.3) is 5.91 Å². The smallest absolute Gasteiger partial charge is 0.274 e. The second-order valence-electron chi connectivity index (χ2n) is 9.67. The van der Waals surface area contributed by atoms with E-state index in [0.29, 0.717) is 11.7 Å². The average molecular weight is 437 g/mol. The van der Waals surface area contributed by atoms with Crippen LogP contribution in [0.2, 0.25) is 0 Å². The van der Waals surface area contributed by atoms with Gasteiger partial charge in [-0.2, -0.15) is 5.10 Å². The fourth-order valence-corrected chi connectivity index (χ4v) is 5.83. The molecule has 1 aliphatic carbocycles. The number of rotatable bonds is 6. The zero-order valence-electron chi connectivity index (χ0n) is 19.3. The molecular formula is C26H36N4O2. The van der Waals surface area contributed by atoms with Crippen LogP contribution in [0.3, 0.4) is 0 Å². The van der Waals surface area contributed by atoms with Gasteiger partial charge in [0.2, 0.25) is 0 Å². The Kier molecular flexibility index (Phi) is 6.33. The number of amides is 1. The highest BCUT2D eigenvalue weighted by Crippen LogP contribution is 2.35. The molecule has 6 nitrogen and oxygen atoms in total. The van der Waals surface area contributed by atoms with Gasteiger partial charge in [0.05, 0.1) is 0 Å². The molecule has 6 heteroatoms. The molecule has 1 aromatic heterocycles. The summed E-state index contributed by atoms with van der Waals surface area (Å²) in [4.78, 5) is 15.2. The van der Waals surface area contributed by atoms with Crippen molar-refractivity contribution in [2.45, 2.75) is 69.9 Å². The molecule has 0 bridgehead atoms. The van der Waals surface area contributed by atoms with Crippen molar-refractivity contribution in [2.75, 3.05) is 32.8 Å². The fourth-order valence-electron chi connectivity index (χ4n) is 5.83. The van der Waals surface area contributed by atoms with Crippen LogP contribution in [0.1, 0.15) is 66.3 Å². The number of carbonyl (C=O) groups is 1. The lowest BCUT2D eigenvalue weighted by Gasteiger charge is -2.39. The fraction of sp³-hybridized carbons (Fsp3) is 0.615. The summed E-state index contributed by atoms with van der Waals surface area (Å²) >= 11 is 0. The molecular weight excluding hydrogens is 400 g/mol. The maximum atomic E-state index is 13.2. The van der Waals surface area contributed by atoms with E-state index in [4.69, 9.17) is 9.84 Å². The first-order valence-corrected chi connectivity index (χ1v) is 12.4. The van der Waals surface area contributed by atoms with Crippen LogP contribution in [0, 0.1) is 0 Å². The van der Waals surface area contributed by atoms with Crippen LogP contribution in [-0.4, -0.2) is 59.5 Å². The summed E-state index contributed by atoms with van der Waals surface area (Å²) in [6, 6.07) is 11.3. The largest absolute Gasteiger partial charge is 0.381 e. The molecule has 2 aromatic rings. The number of nitrogens with zero attached hydrogens (tertiary/aromatic N) is 3. The number of nitrogens with one attached hydrogen (secondary N) is 1. The minimum Gasteiger partial charge on any atom is -0.381 e. The van der Waals surface area contributed by atoms with E-state index in [2.05, 4.69) is 47.3 Å². The third-order valence-electron chi connectivity index (χ3n) is 7.81. The zero-order valence-corrected chi connectivity index (χ0v) is 19.3. The second kappa shape index (κ2) is 9.36. The summed E-state index contributed by atoms with van der Waals surface area (Å²) in [5, 5.41) is 8.70. The van der Waals surface area contributed by atoms with Crippen molar-refractivity contribution in [3.8, 4) is 0 Å². The van der Waals surface area contributed by atoms with E-state index in [1.54, 1.807) is 0 Å². The number of aromatic nitrogens is 2. The van der Waals surface area contributed by atoms with Gasteiger partial charge in [-0.1, -0.05) is 30.3 Å². The Morgan fingerprint density at radius 1 is 1.19 bits per heavy atom. The number of ether oxygens (including phenoxy) is 1. The molecule has 32 heavy (non-hydrogen) atoms. The van der Waals surface area contributed by atoms with E-state index in [-0.39, 0.29) is 11.3 Å². The first kappa shape index (κ1) is 21.7. The third-order valence-corrected chi connectivity index (χ3v) is 7.81. The first-order chi connectivity index (χ1) is 15.7. The molecule has 5 rings (SSSR count). The first-order valence-electron chi connectivity index (χ1n) is 12.4. The van der Waals surface area contributed by atoms with Gasteiger partial charge in [-0.3, -0.25) is 9.48 Å². The maximum Gasteiger partial charge on any atom is 0.274 e. The van der Waals surface area contributed by atoms with Gasteiger partial charge in [0.15, 0.2) is 5.69 Å². The highest BCUT2D eigenvalue weighted by molar-refractivity contribution is 5.94. The minimum absolute atomic E-state index is 0.127. The molecule has 1 atom stereocenters. The highest BCUT2D eigenvalue weighted by Gasteiger charge is 2.36. The predicted molar refractivity (Wildman–Crippen MR) is 125 cm³/mol. The Labute approximate surface area is 191 Å². The predicted octanol–water partition coefficient (Wildman–Crippen LogP) is 3.33. The lowest BCUT2D eigenvalue weighted by atomic mass is 9.73. The average Bonchev–Trinajstić information content (AvgIpc) is 3.52. The van der Waals surface area contributed by atoms with Gasteiger partial charge in [-0.15, -0.1) is 0 Å². The van der Waals surface area contributed by atoms with Gasteiger partial charge < -0.3 is 15.0 Å². The monoisotopic (exact) mass is 436 g/mol. The molecule has 172 valence electrons. The zero-order chi connectivity index (χ0) is 22.0. The lowest BCUT2D eigenvalue weighted by molar-refractivity contribution is 0.0486. The Morgan fingerprint density at radius 2 is 1.94 bits per heavy atom. The van der Waals surface area contributed by atoms with Crippen molar-refractivity contribution in [3.63, 3.8) is 0 Å². The molecule has 0 spiro atoms. The Bertz CT molecular complexity index is 927. The second-order valence-corrected chi connectivity index (χ2v) is 9.67. The number of benzene rings is 1. The minimum atomic E-state index is 0.127. The summed E-state index contributed by atoms with van der Waals surface area (Å²) < 4.78 is 7.78. The molecule has 3 heterocycles. The molecule has 2 aliphatic heterocycles. The van der Waals surface area contributed by atoms with Crippen LogP contribution in [0.15, 0.2) is 30.3 Å². The number of hydrogen-bond donors (Lipinski definition) is 1. The topological polar surface area (TPSA) is 59.4 Å². The third kappa shape index (κ3) is 4.11. The molecule has 2 fully saturated rings. The molecule has 1 N–H and O–H groups in total. The summed E-state index contributed by atoms with van der Waals surface area (Å²) in [6.45, 7) is 7.29. The Balaban J connectivity index is 1.33. The molecule has 0 saturated carbocycles. The number of aryl methyl sites for hydroxylation is 1. The summed E-state index contributed by atoms with van der Waals surface area (Å²) in [5.74, 6) is 0.136. The van der Waals surface area contributed by atoms with Gasteiger partial charge in [0, 0.05) is 62.1 Å². The van der Waals surface area contributed by atoms with Gasteiger partial charge in [0.1, 0.15) is 0 Å². The SMILES string of the molecule is CCn1nc(C(=O)N2CCCC2)c2c1CC[C@H](NCC1(c3ccccc3)CCOCC1)C2. The standard InChI is InChI=1S/C26H36N4O2/c1-2-30-23-11-10-21(18-22(23)24(28-30)25(31)29-14-6-7-15-29)27-19-26(12-16-32-17-13-26)20-8-4-3-5-9-20/h3-5,8-9,21,27H,2,6-7,10-19H2,1H3/t21-/m0/s1. The van der Waals surface area contributed by atoms with Gasteiger partial charge >= 0.3 is 0 Å². The molecule has 1 amide bonds. The van der Waals surface area contributed by atoms with E-state index >= 15 is 0 Å². The maximum absolute atomic E-state index is 13.2. The van der Waals surface area contributed by atoms with Gasteiger partial charge in [-0.05, 0) is 57.4 Å². The normalized spacial score (nSPS) is 22.7. The summed E-state index contributed by atoms with van der Waals surface area (Å²) in [5.41, 5.74) is 4.71. The Morgan fingerprint density at radius 3 is 2.66 bits per heavy atom. The molecule has 3 aliphatic rings.